The molecule has 0 amide bonds. The smallest absolute Gasteiger partial charge is 0.309 e. The predicted octanol–water partition coefficient (Wildman–Crippen LogP) is 1.35. The van der Waals surface area contributed by atoms with Crippen molar-refractivity contribution in [1.29, 1.82) is 0 Å². The summed E-state index contributed by atoms with van der Waals surface area (Å²) < 4.78 is 0. The Morgan fingerprint density at radius 2 is 2.12 bits per heavy atom. The molecule has 1 aromatic rings. The van der Waals surface area contributed by atoms with Gasteiger partial charge >= 0.3 is 5.97 Å². The van der Waals surface area contributed by atoms with Crippen molar-refractivity contribution in [2.75, 3.05) is 0 Å². The van der Waals surface area contributed by atoms with Crippen LogP contribution < -0.4 is 0 Å². The first kappa shape index (κ1) is 12.1. The lowest BCUT2D eigenvalue weighted by molar-refractivity contribution is -0.385. The number of benzene rings is 1. The Morgan fingerprint density at radius 1 is 1.50 bits per heavy atom. The summed E-state index contributed by atoms with van der Waals surface area (Å²) in [6.45, 7) is 1.34. The van der Waals surface area contributed by atoms with Gasteiger partial charge in [0.15, 0.2) is 0 Å². The van der Waals surface area contributed by atoms with Gasteiger partial charge in [-0.3, -0.25) is 14.9 Å². The monoisotopic (exact) mass is 225 g/mol. The van der Waals surface area contributed by atoms with Gasteiger partial charge in [-0.05, 0) is 12.5 Å². The summed E-state index contributed by atoms with van der Waals surface area (Å²) in [5.74, 6) is -2.17. The van der Waals surface area contributed by atoms with Gasteiger partial charge in [-0.1, -0.05) is 12.1 Å². The van der Waals surface area contributed by atoms with E-state index in [1.54, 1.807) is 0 Å². The van der Waals surface area contributed by atoms with Crippen LogP contribution >= 0.6 is 0 Å². The van der Waals surface area contributed by atoms with Gasteiger partial charge in [0, 0.05) is 12.1 Å². The molecule has 86 valence electrons. The molecule has 0 fully saturated rings. The summed E-state index contributed by atoms with van der Waals surface area (Å²) in [6.07, 6.45) is -1.25. The Morgan fingerprint density at radius 3 is 2.62 bits per heavy atom. The third kappa shape index (κ3) is 2.54. The molecule has 0 aliphatic rings. The molecule has 0 bridgehead atoms. The number of carboxylic acid groups (broad SMARTS) is 1. The average Bonchev–Trinajstić information content (AvgIpc) is 2.27. The summed E-state index contributed by atoms with van der Waals surface area (Å²) in [7, 11) is 0. The van der Waals surface area contributed by atoms with Crippen LogP contribution in [0.1, 0.15) is 18.6 Å². The van der Waals surface area contributed by atoms with E-state index in [1.807, 2.05) is 0 Å². The van der Waals surface area contributed by atoms with Crippen LogP contribution in [0.5, 0.6) is 0 Å². The normalized spacial score (nSPS) is 14.1. The number of nitro groups is 1. The predicted molar refractivity (Wildman–Crippen MR) is 54.9 cm³/mol. The van der Waals surface area contributed by atoms with Crippen molar-refractivity contribution in [1.82, 2.24) is 0 Å². The highest BCUT2D eigenvalue weighted by Gasteiger charge is 2.23. The van der Waals surface area contributed by atoms with Gasteiger partial charge in [0.05, 0.1) is 16.9 Å². The van der Waals surface area contributed by atoms with Crippen LogP contribution in [-0.4, -0.2) is 21.1 Å². The molecule has 0 heterocycles. The summed E-state index contributed by atoms with van der Waals surface area (Å²) in [6, 6.07) is 5.31. The fourth-order valence-electron chi connectivity index (χ4n) is 1.25. The molecule has 2 atom stereocenters. The zero-order valence-corrected chi connectivity index (χ0v) is 8.53. The van der Waals surface area contributed by atoms with Gasteiger partial charge < -0.3 is 10.2 Å². The second-order valence-corrected chi connectivity index (χ2v) is 3.42. The van der Waals surface area contributed by atoms with Gasteiger partial charge in [0.25, 0.3) is 5.69 Å². The fraction of sp³-hybridized carbons (Fsp3) is 0.300. The van der Waals surface area contributed by atoms with Crippen LogP contribution in [0, 0.1) is 16.0 Å². The first-order valence-electron chi connectivity index (χ1n) is 4.58. The Balaban J connectivity index is 3.00. The molecule has 1 aromatic carbocycles. The highest BCUT2D eigenvalue weighted by Crippen LogP contribution is 2.24. The molecule has 0 radical (unpaired) electrons. The molecule has 0 saturated carbocycles. The standard InChI is InChI=1S/C10H11NO5/c1-6(10(13)14)9(12)7-3-2-4-8(5-7)11(15)16/h2-6,9,12H,1H3,(H,13,14). The number of carboxylic acids is 1. The number of carbonyl (C=O) groups is 1. The lowest BCUT2D eigenvalue weighted by Gasteiger charge is -2.14. The topological polar surface area (TPSA) is 101 Å². The number of aliphatic hydroxyl groups is 1. The van der Waals surface area contributed by atoms with Gasteiger partial charge in [-0.25, -0.2) is 0 Å². The Bertz CT molecular complexity index is 417. The Labute approximate surface area is 91.3 Å². The van der Waals surface area contributed by atoms with Gasteiger partial charge in [-0.15, -0.1) is 0 Å². The molecule has 2 N–H and O–H groups in total. The summed E-state index contributed by atoms with van der Waals surface area (Å²) >= 11 is 0. The summed E-state index contributed by atoms with van der Waals surface area (Å²) in [5, 5.41) is 28.8. The third-order valence-electron chi connectivity index (χ3n) is 2.29. The number of hydrogen-bond donors (Lipinski definition) is 2. The van der Waals surface area contributed by atoms with E-state index < -0.39 is 22.9 Å². The molecule has 0 aromatic heterocycles. The maximum Gasteiger partial charge on any atom is 0.309 e. The minimum atomic E-state index is -1.25. The van der Waals surface area contributed by atoms with E-state index in [4.69, 9.17) is 5.11 Å². The lowest BCUT2D eigenvalue weighted by atomic mass is 9.97. The van der Waals surface area contributed by atoms with E-state index >= 15 is 0 Å². The minimum Gasteiger partial charge on any atom is -0.481 e. The van der Waals surface area contributed by atoms with Crippen LogP contribution in [0.25, 0.3) is 0 Å². The number of non-ortho nitro benzene ring substituents is 1. The number of nitrogens with zero attached hydrogens (tertiary/aromatic N) is 1. The molecule has 0 saturated heterocycles. The number of aliphatic carboxylic acids is 1. The first-order chi connectivity index (χ1) is 7.43. The van der Waals surface area contributed by atoms with Crippen LogP contribution in [0.4, 0.5) is 5.69 Å². The average molecular weight is 225 g/mol. The minimum absolute atomic E-state index is 0.172. The molecule has 6 heteroatoms. The van der Waals surface area contributed by atoms with E-state index in [9.17, 15) is 20.0 Å². The maximum absolute atomic E-state index is 10.6. The van der Waals surface area contributed by atoms with Crippen molar-refractivity contribution in [3.63, 3.8) is 0 Å². The van der Waals surface area contributed by atoms with Gasteiger partial charge in [-0.2, -0.15) is 0 Å². The highest BCUT2D eigenvalue weighted by atomic mass is 16.6. The van der Waals surface area contributed by atoms with E-state index in [0.29, 0.717) is 0 Å². The zero-order chi connectivity index (χ0) is 12.3. The molecule has 0 aliphatic heterocycles. The fourth-order valence-corrected chi connectivity index (χ4v) is 1.25. The zero-order valence-electron chi connectivity index (χ0n) is 8.53. The first-order valence-corrected chi connectivity index (χ1v) is 4.58. The van der Waals surface area contributed by atoms with Crippen molar-refractivity contribution in [3.8, 4) is 0 Å². The van der Waals surface area contributed by atoms with Crippen molar-refractivity contribution < 1.29 is 19.9 Å². The molecule has 16 heavy (non-hydrogen) atoms. The molecule has 0 aliphatic carbocycles. The van der Waals surface area contributed by atoms with Crippen LogP contribution in [0.3, 0.4) is 0 Å². The van der Waals surface area contributed by atoms with Crippen LogP contribution in [-0.2, 0) is 4.79 Å². The second kappa shape index (κ2) is 4.71. The van der Waals surface area contributed by atoms with Gasteiger partial charge in [0.1, 0.15) is 0 Å². The maximum atomic E-state index is 10.6. The Kier molecular flexibility index (Phi) is 3.57. The molecule has 1 rings (SSSR count). The van der Waals surface area contributed by atoms with Crippen molar-refractivity contribution >= 4 is 11.7 Å². The molecular weight excluding hydrogens is 214 g/mol. The number of rotatable bonds is 4. The number of nitro benzene ring substituents is 1. The molecule has 0 spiro atoms. The van der Waals surface area contributed by atoms with Crippen LogP contribution in [0.15, 0.2) is 24.3 Å². The number of aliphatic hydroxyl groups excluding tert-OH is 1. The summed E-state index contributed by atoms with van der Waals surface area (Å²) in [4.78, 5) is 20.5. The molecule has 6 nitrogen and oxygen atoms in total. The number of hydrogen-bond acceptors (Lipinski definition) is 4. The highest BCUT2D eigenvalue weighted by molar-refractivity contribution is 5.70. The largest absolute Gasteiger partial charge is 0.481 e. The van der Waals surface area contributed by atoms with E-state index in [1.165, 1.54) is 31.2 Å². The third-order valence-corrected chi connectivity index (χ3v) is 2.29. The van der Waals surface area contributed by atoms with Crippen LogP contribution in [0.2, 0.25) is 0 Å². The molecular formula is C10H11NO5. The van der Waals surface area contributed by atoms with E-state index in [-0.39, 0.29) is 11.3 Å². The van der Waals surface area contributed by atoms with Crippen molar-refractivity contribution in [2.24, 2.45) is 5.92 Å². The second-order valence-electron chi connectivity index (χ2n) is 3.42. The lowest BCUT2D eigenvalue weighted by Crippen LogP contribution is -2.18. The van der Waals surface area contributed by atoms with Gasteiger partial charge in [0.2, 0.25) is 0 Å². The quantitative estimate of drug-likeness (QED) is 0.595. The molecule has 2 unspecified atom stereocenters. The Hall–Kier alpha value is -1.95. The van der Waals surface area contributed by atoms with Crippen molar-refractivity contribution in [2.45, 2.75) is 13.0 Å². The summed E-state index contributed by atoms with van der Waals surface area (Å²) in [5.41, 5.74) is 0.0539. The SMILES string of the molecule is CC(C(=O)O)C(O)c1cccc([N+](=O)[O-])c1. The van der Waals surface area contributed by atoms with E-state index in [0.717, 1.165) is 0 Å². The van der Waals surface area contributed by atoms with E-state index in [2.05, 4.69) is 0 Å². The van der Waals surface area contributed by atoms with Crippen molar-refractivity contribution in [3.05, 3.63) is 39.9 Å².